The first kappa shape index (κ1) is 14.8. The third-order valence-corrected chi connectivity index (χ3v) is 3.63. The first-order chi connectivity index (χ1) is 7.93. The van der Waals surface area contributed by atoms with Gasteiger partial charge in [-0.15, -0.1) is 0 Å². The lowest BCUT2D eigenvalue weighted by Gasteiger charge is -2.21. The molecule has 1 aromatic rings. The SMILES string of the molecule is CC(C)CC[C@@H](O)[C@@H](N)c1cccc(Cl)c1Cl. The maximum Gasteiger partial charge on any atom is 0.0733 e. The number of rotatable bonds is 5. The van der Waals surface area contributed by atoms with Crippen molar-refractivity contribution in [3.05, 3.63) is 33.8 Å². The van der Waals surface area contributed by atoms with Crippen molar-refractivity contribution in [3.63, 3.8) is 0 Å². The molecule has 0 radical (unpaired) electrons. The van der Waals surface area contributed by atoms with Crippen molar-refractivity contribution >= 4 is 23.2 Å². The Morgan fingerprint density at radius 2 is 1.88 bits per heavy atom. The molecule has 0 saturated heterocycles. The molecule has 96 valence electrons. The van der Waals surface area contributed by atoms with E-state index in [1.54, 1.807) is 18.2 Å². The number of halogens is 2. The topological polar surface area (TPSA) is 46.2 Å². The van der Waals surface area contributed by atoms with Crippen LogP contribution < -0.4 is 5.73 Å². The van der Waals surface area contributed by atoms with Gasteiger partial charge in [0.15, 0.2) is 0 Å². The van der Waals surface area contributed by atoms with Crippen molar-refractivity contribution in [1.29, 1.82) is 0 Å². The Kier molecular flexibility index (Phi) is 5.74. The van der Waals surface area contributed by atoms with Crippen molar-refractivity contribution in [2.75, 3.05) is 0 Å². The van der Waals surface area contributed by atoms with E-state index in [4.69, 9.17) is 28.9 Å². The van der Waals surface area contributed by atoms with E-state index in [0.717, 1.165) is 6.42 Å². The van der Waals surface area contributed by atoms with Gasteiger partial charge < -0.3 is 10.8 Å². The maximum absolute atomic E-state index is 10.0. The minimum absolute atomic E-state index is 0.435. The van der Waals surface area contributed by atoms with Crippen molar-refractivity contribution in [1.82, 2.24) is 0 Å². The highest BCUT2D eigenvalue weighted by Gasteiger charge is 2.20. The van der Waals surface area contributed by atoms with Crippen molar-refractivity contribution in [3.8, 4) is 0 Å². The molecule has 0 aliphatic carbocycles. The van der Waals surface area contributed by atoms with Gasteiger partial charge in [-0.05, 0) is 30.4 Å². The fourth-order valence-electron chi connectivity index (χ4n) is 1.67. The lowest BCUT2D eigenvalue weighted by Crippen LogP contribution is -2.26. The second-order valence-electron chi connectivity index (χ2n) is 4.71. The van der Waals surface area contributed by atoms with Crippen molar-refractivity contribution < 1.29 is 5.11 Å². The molecule has 0 aromatic heterocycles. The van der Waals surface area contributed by atoms with E-state index in [2.05, 4.69) is 13.8 Å². The molecular weight excluding hydrogens is 257 g/mol. The summed E-state index contributed by atoms with van der Waals surface area (Å²) in [4.78, 5) is 0. The molecule has 1 aromatic carbocycles. The van der Waals surface area contributed by atoms with Gasteiger partial charge in [0.1, 0.15) is 0 Å². The Bertz CT molecular complexity index is 368. The predicted octanol–water partition coefficient (Wildman–Crippen LogP) is 3.79. The van der Waals surface area contributed by atoms with Crippen molar-refractivity contribution in [2.24, 2.45) is 11.7 Å². The van der Waals surface area contributed by atoms with E-state index >= 15 is 0 Å². The molecule has 0 heterocycles. The number of hydrogen-bond acceptors (Lipinski definition) is 2. The van der Waals surface area contributed by atoms with Crippen LogP contribution >= 0.6 is 23.2 Å². The zero-order valence-corrected chi connectivity index (χ0v) is 11.7. The minimum atomic E-state index is -0.589. The fraction of sp³-hybridized carbons (Fsp3) is 0.538. The van der Waals surface area contributed by atoms with Crippen LogP contribution in [0.1, 0.15) is 38.3 Å². The third kappa shape index (κ3) is 4.14. The zero-order chi connectivity index (χ0) is 13.0. The maximum atomic E-state index is 10.0. The summed E-state index contributed by atoms with van der Waals surface area (Å²) >= 11 is 12.0. The van der Waals surface area contributed by atoms with Crippen LogP contribution in [0, 0.1) is 5.92 Å². The summed E-state index contributed by atoms with van der Waals surface area (Å²) < 4.78 is 0. The summed E-state index contributed by atoms with van der Waals surface area (Å²) in [5.74, 6) is 0.548. The van der Waals surface area contributed by atoms with Gasteiger partial charge in [0.25, 0.3) is 0 Å². The number of benzene rings is 1. The normalized spacial score (nSPS) is 15.0. The molecular formula is C13H19Cl2NO. The summed E-state index contributed by atoms with van der Waals surface area (Å²) in [5.41, 5.74) is 6.71. The van der Waals surface area contributed by atoms with Gasteiger partial charge in [0.2, 0.25) is 0 Å². The molecule has 0 amide bonds. The highest BCUT2D eigenvalue weighted by atomic mass is 35.5. The van der Waals surface area contributed by atoms with Gasteiger partial charge in [-0.25, -0.2) is 0 Å². The lowest BCUT2D eigenvalue weighted by atomic mass is 9.96. The second-order valence-corrected chi connectivity index (χ2v) is 5.49. The smallest absolute Gasteiger partial charge is 0.0733 e. The zero-order valence-electron chi connectivity index (χ0n) is 10.2. The second kappa shape index (κ2) is 6.60. The van der Waals surface area contributed by atoms with Crippen LogP contribution in [0.2, 0.25) is 10.0 Å². The van der Waals surface area contributed by atoms with Crippen LogP contribution in [-0.2, 0) is 0 Å². The predicted molar refractivity (Wildman–Crippen MR) is 73.5 cm³/mol. The standard InChI is InChI=1S/C13H19Cl2NO/c1-8(2)6-7-11(17)13(16)9-4-3-5-10(14)12(9)15/h3-5,8,11,13,17H,6-7,16H2,1-2H3/t11-,13+/m1/s1. The van der Waals surface area contributed by atoms with E-state index in [-0.39, 0.29) is 0 Å². The summed E-state index contributed by atoms with van der Waals surface area (Å²) in [7, 11) is 0. The van der Waals surface area contributed by atoms with Gasteiger partial charge >= 0.3 is 0 Å². The fourth-order valence-corrected chi connectivity index (χ4v) is 2.10. The van der Waals surface area contributed by atoms with Crippen LogP contribution in [0.3, 0.4) is 0 Å². The third-order valence-electron chi connectivity index (χ3n) is 2.79. The molecule has 0 unspecified atom stereocenters. The Labute approximate surface area is 113 Å². The molecule has 0 saturated carbocycles. The molecule has 2 nitrogen and oxygen atoms in total. The molecule has 0 aliphatic heterocycles. The Balaban J connectivity index is 2.74. The number of nitrogens with two attached hydrogens (primary N) is 1. The van der Waals surface area contributed by atoms with Gasteiger partial charge in [-0.3, -0.25) is 0 Å². The first-order valence-electron chi connectivity index (χ1n) is 5.81. The van der Waals surface area contributed by atoms with Crippen LogP contribution in [0.5, 0.6) is 0 Å². The van der Waals surface area contributed by atoms with E-state index in [0.29, 0.717) is 27.9 Å². The molecule has 2 atom stereocenters. The molecule has 4 heteroatoms. The highest BCUT2D eigenvalue weighted by molar-refractivity contribution is 6.42. The van der Waals surface area contributed by atoms with E-state index in [1.165, 1.54) is 0 Å². The van der Waals surface area contributed by atoms with E-state index < -0.39 is 12.1 Å². The van der Waals surface area contributed by atoms with Gasteiger partial charge in [0, 0.05) is 0 Å². The minimum Gasteiger partial charge on any atom is -0.391 e. The van der Waals surface area contributed by atoms with E-state index in [9.17, 15) is 5.11 Å². The Hall–Kier alpha value is -0.280. The van der Waals surface area contributed by atoms with Crippen LogP contribution in [-0.4, -0.2) is 11.2 Å². The van der Waals surface area contributed by atoms with Crippen LogP contribution in [0.25, 0.3) is 0 Å². The highest BCUT2D eigenvalue weighted by Crippen LogP contribution is 2.31. The molecule has 1 rings (SSSR count). The Morgan fingerprint density at radius 3 is 2.47 bits per heavy atom. The van der Waals surface area contributed by atoms with Gasteiger partial charge in [0.05, 0.1) is 22.2 Å². The quantitative estimate of drug-likeness (QED) is 0.859. The first-order valence-corrected chi connectivity index (χ1v) is 6.56. The molecule has 0 spiro atoms. The molecule has 17 heavy (non-hydrogen) atoms. The molecule has 3 N–H and O–H groups in total. The lowest BCUT2D eigenvalue weighted by molar-refractivity contribution is 0.128. The average Bonchev–Trinajstić information content (AvgIpc) is 2.28. The molecule has 0 bridgehead atoms. The number of hydrogen-bond donors (Lipinski definition) is 2. The van der Waals surface area contributed by atoms with Crippen LogP contribution in [0.4, 0.5) is 0 Å². The molecule has 0 aliphatic rings. The van der Waals surface area contributed by atoms with E-state index in [1.807, 2.05) is 0 Å². The Morgan fingerprint density at radius 1 is 1.24 bits per heavy atom. The summed E-state index contributed by atoms with van der Waals surface area (Å²) in [6.07, 6.45) is 1.02. The summed E-state index contributed by atoms with van der Waals surface area (Å²) in [5, 5.41) is 10.9. The van der Waals surface area contributed by atoms with Gasteiger partial charge in [-0.2, -0.15) is 0 Å². The van der Waals surface area contributed by atoms with Crippen molar-refractivity contribution in [2.45, 2.75) is 38.8 Å². The number of aliphatic hydroxyl groups is 1. The largest absolute Gasteiger partial charge is 0.391 e. The average molecular weight is 276 g/mol. The monoisotopic (exact) mass is 275 g/mol. The summed E-state index contributed by atoms with van der Waals surface area (Å²) in [6, 6.07) is 4.82. The van der Waals surface area contributed by atoms with Crippen LogP contribution in [0.15, 0.2) is 18.2 Å². The van der Waals surface area contributed by atoms with Gasteiger partial charge in [-0.1, -0.05) is 49.2 Å². The molecule has 0 fully saturated rings. The number of aliphatic hydroxyl groups excluding tert-OH is 1. The summed E-state index contributed by atoms with van der Waals surface area (Å²) in [6.45, 7) is 4.23.